The van der Waals surface area contributed by atoms with Gasteiger partial charge in [-0.2, -0.15) is 0 Å². The van der Waals surface area contributed by atoms with Gasteiger partial charge in [-0.3, -0.25) is 4.79 Å². The molecule has 0 fully saturated rings. The molecule has 2 N–H and O–H groups in total. The summed E-state index contributed by atoms with van der Waals surface area (Å²) in [5, 5.41) is 12.4. The fourth-order valence-corrected chi connectivity index (χ4v) is 2.60. The number of carbonyl (C=O) groups excluding carboxylic acids is 3. The minimum atomic E-state index is -1.16. The van der Waals surface area contributed by atoms with Crippen molar-refractivity contribution in [1.29, 1.82) is 0 Å². The number of benzene rings is 1. The Balaban J connectivity index is 3.00. The van der Waals surface area contributed by atoms with E-state index >= 15 is 0 Å². The van der Waals surface area contributed by atoms with Crippen LogP contribution >= 0.6 is 0 Å². The molecular formula is C23H33NO11. The summed E-state index contributed by atoms with van der Waals surface area (Å²) in [6.45, 7) is 9.95. The molecule has 0 heterocycles. The fraction of sp³-hybridized carbons (Fsp3) is 0.565. The van der Waals surface area contributed by atoms with Gasteiger partial charge in [-0.25, -0.2) is 14.4 Å². The van der Waals surface area contributed by atoms with E-state index in [-0.39, 0.29) is 31.1 Å². The van der Waals surface area contributed by atoms with Crippen molar-refractivity contribution < 1.29 is 52.7 Å². The highest BCUT2D eigenvalue weighted by Gasteiger charge is 2.22. The average Bonchev–Trinajstić information content (AvgIpc) is 2.71. The summed E-state index contributed by atoms with van der Waals surface area (Å²) >= 11 is 0. The first-order valence-corrected chi connectivity index (χ1v) is 11.1. The number of aliphatic carboxylic acids is 1. The van der Waals surface area contributed by atoms with E-state index < -0.39 is 48.8 Å². The molecule has 0 aliphatic heterocycles. The number of ether oxygens (including phenoxy) is 6. The molecule has 0 radical (unpaired) electrons. The van der Waals surface area contributed by atoms with Crippen molar-refractivity contribution in [2.45, 2.75) is 72.3 Å². The minimum Gasteiger partial charge on any atom is -0.480 e. The van der Waals surface area contributed by atoms with Gasteiger partial charge in [-0.1, -0.05) is 6.07 Å². The summed E-state index contributed by atoms with van der Waals surface area (Å²) in [7, 11) is 0. The van der Waals surface area contributed by atoms with Crippen LogP contribution in [-0.2, 0) is 30.2 Å². The molecule has 0 aliphatic rings. The Labute approximate surface area is 203 Å². The first-order chi connectivity index (χ1) is 16.4. The second-order valence-electron chi connectivity index (χ2n) is 7.93. The van der Waals surface area contributed by atoms with Gasteiger partial charge in [0.2, 0.25) is 0 Å². The Hall–Kier alpha value is -3.54. The summed E-state index contributed by atoms with van der Waals surface area (Å²) in [6.07, 6.45) is -4.46. The van der Waals surface area contributed by atoms with Gasteiger partial charge in [-0.15, -0.1) is 0 Å². The Morgan fingerprint density at radius 2 is 1.43 bits per heavy atom. The zero-order valence-corrected chi connectivity index (χ0v) is 20.7. The first-order valence-electron chi connectivity index (χ1n) is 11.1. The maximum atomic E-state index is 12.0. The number of hydrogen-bond donors (Lipinski definition) is 2. The zero-order chi connectivity index (χ0) is 26.5. The van der Waals surface area contributed by atoms with E-state index in [4.69, 9.17) is 23.7 Å². The number of rotatable bonds is 12. The maximum absolute atomic E-state index is 12.0. The fourth-order valence-electron chi connectivity index (χ4n) is 2.60. The van der Waals surface area contributed by atoms with Gasteiger partial charge in [-0.05, 0) is 65.7 Å². The maximum Gasteiger partial charge on any atom is 0.514 e. The van der Waals surface area contributed by atoms with Crippen LogP contribution < -0.4 is 14.8 Å². The lowest BCUT2D eigenvalue weighted by atomic mass is 10.0. The van der Waals surface area contributed by atoms with Gasteiger partial charge in [0, 0.05) is 6.54 Å². The van der Waals surface area contributed by atoms with Gasteiger partial charge >= 0.3 is 24.4 Å². The van der Waals surface area contributed by atoms with Crippen LogP contribution in [0.2, 0.25) is 0 Å². The van der Waals surface area contributed by atoms with Crippen LogP contribution in [0.1, 0.15) is 47.1 Å². The highest BCUT2D eigenvalue weighted by Crippen LogP contribution is 2.30. The molecule has 196 valence electrons. The van der Waals surface area contributed by atoms with E-state index in [9.17, 15) is 24.3 Å². The van der Waals surface area contributed by atoms with E-state index in [2.05, 4.69) is 10.1 Å². The van der Waals surface area contributed by atoms with E-state index in [1.54, 1.807) is 41.5 Å². The van der Waals surface area contributed by atoms with Gasteiger partial charge in [0.25, 0.3) is 0 Å². The quantitative estimate of drug-likeness (QED) is 0.245. The highest BCUT2D eigenvalue weighted by molar-refractivity contribution is 5.74. The van der Waals surface area contributed by atoms with E-state index in [1.807, 2.05) is 0 Å². The molecule has 1 unspecified atom stereocenters. The zero-order valence-electron chi connectivity index (χ0n) is 20.7. The Kier molecular flexibility index (Phi) is 12.4. The van der Waals surface area contributed by atoms with Crippen molar-refractivity contribution in [2.75, 3.05) is 13.2 Å². The Bertz CT molecular complexity index is 869. The monoisotopic (exact) mass is 499 g/mol. The SMILES string of the molecule is CCOC(=O)OC(C)CN[C@@H](Cc1ccc(OC(=O)OC(C)C)c(OC(=O)OC(C)C)c1)C(=O)O. The molecular weight excluding hydrogens is 466 g/mol. The molecule has 1 rings (SSSR count). The van der Waals surface area contributed by atoms with Gasteiger partial charge in [0.15, 0.2) is 11.5 Å². The standard InChI is InChI=1S/C23H33NO11/c1-7-30-21(27)33-15(6)12-24-17(20(25)26)10-16-8-9-18(34-22(28)31-13(2)3)19(11-16)35-23(29)32-14(4)5/h8-9,11,13-15,17,24H,7,10,12H2,1-6H3,(H,25,26)/t15?,17-/m0/s1. The molecule has 0 saturated heterocycles. The lowest BCUT2D eigenvalue weighted by Crippen LogP contribution is -2.42. The molecule has 1 aromatic carbocycles. The normalized spacial score (nSPS) is 12.5. The summed E-state index contributed by atoms with van der Waals surface area (Å²) in [5.41, 5.74) is 0.445. The van der Waals surface area contributed by atoms with E-state index in [0.717, 1.165) is 0 Å². The van der Waals surface area contributed by atoms with Crippen LogP contribution in [-0.4, -0.2) is 67.0 Å². The van der Waals surface area contributed by atoms with Crippen LogP contribution in [0, 0.1) is 0 Å². The molecule has 0 aliphatic carbocycles. The van der Waals surface area contributed by atoms with Crippen molar-refractivity contribution in [3.8, 4) is 11.5 Å². The van der Waals surface area contributed by atoms with Crippen LogP contribution in [0.3, 0.4) is 0 Å². The Morgan fingerprint density at radius 3 is 1.94 bits per heavy atom. The molecule has 12 nitrogen and oxygen atoms in total. The van der Waals surface area contributed by atoms with Crippen LogP contribution in [0.15, 0.2) is 18.2 Å². The summed E-state index contributed by atoms with van der Waals surface area (Å²) in [6, 6.07) is 3.14. The van der Waals surface area contributed by atoms with Gasteiger partial charge in [0.1, 0.15) is 12.1 Å². The van der Waals surface area contributed by atoms with Gasteiger partial charge in [0.05, 0.1) is 18.8 Å². The summed E-state index contributed by atoms with van der Waals surface area (Å²) in [5.74, 6) is -1.43. The third-order valence-corrected chi connectivity index (χ3v) is 4.01. The topological polar surface area (TPSA) is 156 Å². The highest BCUT2D eigenvalue weighted by atomic mass is 16.8. The molecule has 0 saturated carbocycles. The summed E-state index contributed by atoms with van der Waals surface area (Å²) < 4.78 is 29.9. The number of carbonyl (C=O) groups is 4. The van der Waals surface area contributed by atoms with Crippen molar-refractivity contribution in [3.63, 3.8) is 0 Å². The molecule has 0 bridgehead atoms. The second kappa shape index (κ2) is 14.7. The predicted octanol–water partition coefficient (Wildman–Crippen LogP) is 3.68. The molecule has 0 aromatic heterocycles. The van der Waals surface area contributed by atoms with Gasteiger partial charge < -0.3 is 38.8 Å². The third kappa shape index (κ3) is 11.9. The molecule has 1 aromatic rings. The molecule has 0 amide bonds. The third-order valence-electron chi connectivity index (χ3n) is 4.01. The number of carboxylic acid groups (broad SMARTS) is 1. The van der Waals surface area contributed by atoms with Crippen molar-refractivity contribution in [2.24, 2.45) is 0 Å². The molecule has 12 heteroatoms. The van der Waals surface area contributed by atoms with Crippen molar-refractivity contribution in [1.82, 2.24) is 5.32 Å². The second-order valence-corrected chi connectivity index (χ2v) is 7.93. The lowest BCUT2D eigenvalue weighted by Gasteiger charge is -2.19. The van der Waals surface area contributed by atoms with Crippen molar-refractivity contribution in [3.05, 3.63) is 23.8 Å². The first kappa shape index (κ1) is 29.5. The molecule has 2 atom stereocenters. The molecule has 0 spiro atoms. The predicted molar refractivity (Wildman–Crippen MR) is 122 cm³/mol. The number of carboxylic acids is 1. The largest absolute Gasteiger partial charge is 0.514 e. The lowest BCUT2D eigenvalue weighted by molar-refractivity contribution is -0.139. The van der Waals surface area contributed by atoms with E-state index in [0.29, 0.717) is 5.56 Å². The number of nitrogens with one attached hydrogen (secondary N) is 1. The number of hydrogen-bond acceptors (Lipinski definition) is 11. The van der Waals surface area contributed by atoms with E-state index in [1.165, 1.54) is 18.2 Å². The summed E-state index contributed by atoms with van der Waals surface area (Å²) in [4.78, 5) is 47.1. The van der Waals surface area contributed by atoms with Crippen LogP contribution in [0.5, 0.6) is 11.5 Å². The van der Waals surface area contributed by atoms with Crippen LogP contribution in [0.25, 0.3) is 0 Å². The average molecular weight is 500 g/mol. The Morgan fingerprint density at radius 1 is 0.857 bits per heavy atom. The molecule has 35 heavy (non-hydrogen) atoms. The minimum absolute atomic E-state index is 0.0340. The smallest absolute Gasteiger partial charge is 0.480 e. The van der Waals surface area contributed by atoms with Crippen molar-refractivity contribution >= 4 is 24.4 Å². The van der Waals surface area contributed by atoms with Crippen LogP contribution in [0.4, 0.5) is 14.4 Å².